The molecule has 70 heavy (non-hydrogen) atoms. The third-order valence-electron chi connectivity index (χ3n) is 10.0. The molecule has 0 saturated heterocycles. The maximum absolute atomic E-state index is 13.5. The van der Waals surface area contributed by atoms with Crippen LogP contribution in [0, 0.1) is 0 Å². The minimum absolute atomic E-state index is 0.0447. The van der Waals surface area contributed by atoms with Gasteiger partial charge >= 0.3 is 0 Å². The third kappa shape index (κ3) is 14.6. The van der Waals surface area contributed by atoms with E-state index in [1.165, 1.54) is 54.6 Å². The second kappa shape index (κ2) is 25.4. The van der Waals surface area contributed by atoms with E-state index in [1.807, 2.05) is 13.8 Å². The van der Waals surface area contributed by atoms with Gasteiger partial charge in [-0.2, -0.15) is 20.5 Å². The van der Waals surface area contributed by atoms with E-state index in [-0.39, 0.29) is 49.8 Å². The molecule has 366 valence electrons. The van der Waals surface area contributed by atoms with Gasteiger partial charge in [-0.15, -0.1) is 34.8 Å². The number of nitrogens with zero attached hydrogens (tertiary/aromatic N) is 4. The van der Waals surface area contributed by atoms with Gasteiger partial charge in [-0.25, -0.2) is 0 Å². The number of rotatable bonds is 21. The number of Topliss-reactive ketones (excluding diaryl/α,β-unsaturated/α-hetero) is 2. The Morgan fingerprint density at radius 1 is 0.557 bits per heavy atom. The first kappa shape index (κ1) is 54.5. The fourth-order valence-electron chi connectivity index (χ4n) is 6.55. The average Bonchev–Trinajstić information content (AvgIpc) is 3.31. The smallest absolute Gasteiger partial charge is 0.258 e. The highest BCUT2D eigenvalue weighted by atomic mass is 35.5. The standard InChI is InChI=1S/C49H47Cl5N8O8/c1-7-69-42-17-12-31(20-35(42)25(3)51)55-46(65)37-22-33(9-14-39(37)53)59-61-44(27(5)63)48(67)57-30-11-16-41(29(19-30)24-50)58-49(68)45(28(6)64)62-60-34-10-15-40(54)38(23-34)47(66)56-32-13-18-43(70-8-2)36(21-32)26(4)52/h9-23,25-26,44-45H,7-8,24H2,1-6H3,(H,55,65)(H,56,66)(H,57,67)(H,58,68). The van der Waals surface area contributed by atoms with Crippen molar-refractivity contribution in [2.45, 2.75) is 70.3 Å². The van der Waals surface area contributed by atoms with Gasteiger partial charge in [0.25, 0.3) is 23.6 Å². The molecular weight excluding hydrogens is 1010 g/mol. The van der Waals surface area contributed by atoms with Crippen LogP contribution in [0.3, 0.4) is 0 Å². The molecule has 16 nitrogen and oxygen atoms in total. The molecule has 0 aliphatic carbocycles. The molecule has 4 atom stereocenters. The number of hydrogen-bond acceptors (Lipinski definition) is 12. The van der Waals surface area contributed by atoms with Crippen LogP contribution in [0.4, 0.5) is 34.1 Å². The maximum atomic E-state index is 13.5. The normalized spacial score (nSPS) is 13.0. The Hall–Kier alpha value is -6.43. The fraction of sp³-hybridized carbons (Fsp3) is 0.265. The molecule has 4 unspecified atom stereocenters. The highest BCUT2D eigenvalue weighted by Gasteiger charge is 2.26. The summed E-state index contributed by atoms with van der Waals surface area (Å²) in [6.07, 6.45) is 0. The lowest BCUT2D eigenvalue weighted by atomic mass is 10.1. The molecule has 4 amide bonds. The molecule has 0 aliphatic rings. The zero-order valence-electron chi connectivity index (χ0n) is 38.5. The van der Waals surface area contributed by atoms with Gasteiger partial charge in [0.05, 0.1) is 56.5 Å². The quantitative estimate of drug-likeness (QED) is 0.0314. The SMILES string of the molecule is CCOc1ccc(NC(=O)c2cc(N=NC(C(C)=O)C(=O)Nc3ccc(NC(=O)C(N=Nc4ccc(Cl)c(C(=O)Nc5ccc(OCC)c(C(C)Cl)c5)c4)C(C)=O)c(CCl)c3)ccc2Cl)cc1C(C)Cl. The van der Waals surface area contributed by atoms with E-state index in [2.05, 4.69) is 41.7 Å². The summed E-state index contributed by atoms with van der Waals surface area (Å²) in [4.78, 5) is 78.8. The topological polar surface area (TPSA) is 218 Å². The van der Waals surface area contributed by atoms with Crippen LogP contribution in [0.5, 0.6) is 11.5 Å². The summed E-state index contributed by atoms with van der Waals surface area (Å²) < 4.78 is 11.3. The van der Waals surface area contributed by atoms with Crippen molar-refractivity contribution in [1.82, 2.24) is 0 Å². The predicted octanol–water partition coefficient (Wildman–Crippen LogP) is 13.0. The molecule has 0 aliphatic heterocycles. The van der Waals surface area contributed by atoms with E-state index in [1.54, 1.807) is 50.2 Å². The van der Waals surface area contributed by atoms with Crippen LogP contribution in [-0.4, -0.2) is 60.5 Å². The van der Waals surface area contributed by atoms with Crippen molar-refractivity contribution in [3.05, 3.63) is 129 Å². The van der Waals surface area contributed by atoms with Crippen molar-refractivity contribution in [2.75, 3.05) is 34.5 Å². The number of hydrogen-bond donors (Lipinski definition) is 4. The number of halogens is 5. The van der Waals surface area contributed by atoms with Crippen LogP contribution < -0.4 is 30.7 Å². The number of carbonyl (C=O) groups excluding carboxylic acids is 6. The summed E-state index contributed by atoms with van der Waals surface area (Å²) in [5, 5.41) is 26.3. The average molecular weight is 1050 g/mol. The number of ketones is 2. The Morgan fingerprint density at radius 3 is 1.37 bits per heavy atom. The van der Waals surface area contributed by atoms with Crippen molar-refractivity contribution in [2.24, 2.45) is 20.5 Å². The maximum Gasteiger partial charge on any atom is 0.258 e. The van der Waals surface area contributed by atoms with E-state index in [4.69, 9.17) is 67.5 Å². The lowest BCUT2D eigenvalue weighted by molar-refractivity contribution is -0.127. The lowest BCUT2D eigenvalue weighted by Gasteiger charge is -2.15. The van der Waals surface area contributed by atoms with Gasteiger partial charge in [0.15, 0.2) is 11.6 Å². The largest absolute Gasteiger partial charge is 0.494 e. The van der Waals surface area contributed by atoms with E-state index in [9.17, 15) is 28.8 Å². The summed E-state index contributed by atoms with van der Waals surface area (Å²) in [7, 11) is 0. The molecule has 0 aromatic heterocycles. The van der Waals surface area contributed by atoms with Crippen LogP contribution >= 0.6 is 58.0 Å². The summed E-state index contributed by atoms with van der Waals surface area (Å²) in [6.45, 7) is 10.4. The Morgan fingerprint density at radius 2 is 0.971 bits per heavy atom. The number of nitrogens with one attached hydrogen (secondary N) is 4. The van der Waals surface area contributed by atoms with Crippen LogP contribution in [0.1, 0.15) is 89.7 Å². The number of alkyl halides is 3. The molecule has 4 N–H and O–H groups in total. The first-order chi connectivity index (χ1) is 33.3. The molecule has 0 spiro atoms. The first-order valence-electron chi connectivity index (χ1n) is 21.5. The molecule has 5 rings (SSSR count). The number of anilines is 4. The zero-order chi connectivity index (χ0) is 51.2. The Labute approximate surface area is 428 Å². The molecule has 0 heterocycles. The summed E-state index contributed by atoms with van der Waals surface area (Å²) in [5.74, 6) is -3.09. The van der Waals surface area contributed by atoms with E-state index < -0.39 is 58.0 Å². The molecule has 0 bridgehead atoms. The number of carbonyl (C=O) groups is 6. The van der Waals surface area contributed by atoms with Gasteiger partial charge in [-0.3, -0.25) is 28.8 Å². The molecule has 5 aromatic carbocycles. The molecule has 0 saturated carbocycles. The summed E-state index contributed by atoms with van der Waals surface area (Å²) in [5.41, 5.74) is 3.28. The van der Waals surface area contributed by atoms with Crippen molar-refractivity contribution in [3.8, 4) is 11.5 Å². The van der Waals surface area contributed by atoms with E-state index >= 15 is 0 Å². The predicted molar refractivity (Wildman–Crippen MR) is 274 cm³/mol. The van der Waals surface area contributed by atoms with Crippen molar-refractivity contribution >= 4 is 127 Å². The lowest BCUT2D eigenvalue weighted by Crippen LogP contribution is -2.32. The van der Waals surface area contributed by atoms with Gasteiger partial charge in [0.2, 0.25) is 12.1 Å². The van der Waals surface area contributed by atoms with Crippen molar-refractivity contribution < 1.29 is 38.2 Å². The van der Waals surface area contributed by atoms with Gasteiger partial charge in [-0.1, -0.05) is 23.2 Å². The van der Waals surface area contributed by atoms with Crippen molar-refractivity contribution in [1.29, 1.82) is 0 Å². The highest BCUT2D eigenvalue weighted by Crippen LogP contribution is 2.35. The van der Waals surface area contributed by atoms with Crippen LogP contribution in [-0.2, 0) is 25.1 Å². The fourth-order valence-corrected chi connectivity index (χ4v) is 7.51. The molecule has 5 aromatic rings. The summed E-state index contributed by atoms with van der Waals surface area (Å²) >= 11 is 31.7. The molecular formula is C49H47Cl5N8O8. The van der Waals surface area contributed by atoms with E-state index in [0.717, 1.165) is 13.8 Å². The van der Waals surface area contributed by atoms with E-state index in [0.29, 0.717) is 52.8 Å². The van der Waals surface area contributed by atoms with Gasteiger partial charge in [0, 0.05) is 39.8 Å². The minimum atomic E-state index is -1.62. The van der Waals surface area contributed by atoms with Crippen LogP contribution in [0.2, 0.25) is 10.0 Å². The second-order valence-electron chi connectivity index (χ2n) is 15.3. The number of amides is 4. The zero-order valence-corrected chi connectivity index (χ0v) is 42.3. The van der Waals surface area contributed by atoms with Crippen molar-refractivity contribution in [3.63, 3.8) is 0 Å². The van der Waals surface area contributed by atoms with Crippen LogP contribution in [0.25, 0.3) is 0 Å². The highest BCUT2D eigenvalue weighted by molar-refractivity contribution is 6.35. The number of azo groups is 2. The minimum Gasteiger partial charge on any atom is -0.494 e. The Balaban J connectivity index is 1.25. The Bertz CT molecular complexity index is 2860. The van der Waals surface area contributed by atoms with Gasteiger partial charge < -0.3 is 30.7 Å². The monoisotopic (exact) mass is 1050 g/mol. The molecule has 0 fully saturated rings. The molecule has 21 heteroatoms. The van der Waals surface area contributed by atoms with Crippen LogP contribution in [0.15, 0.2) is 111 Å². The first-order valence-corrected chi connectivity index (χ1v) is 23.7. The van der Waals surface area contributed by atoms with Gasteiger partial charge in [-0.05, 0) is 138 Å². The molecule has 0 radical (unpaired) electrons. The number of benzene rings is 5. The second-order valence-corrected chi connectivity index (χ2v) is 17.7. The third-order valence-corrected chi connectivity index (χ3v) is 11.4. The van der Waals surface area contributed by atoms with Gasteiger partial charge in [0.1, 0.15) is 11.5 Å². The number of ether oxygens (including phenoxy) is 2. The Kier molecular flexibility index (Phi) is 19.8. The summed E-state index contributed by atoms with van der Waals surface area (Å²) in [6, 6.07) is 19.7.